The van der Waals surface area contributed by atoms with Gasteiger partial charge in [0.1, 0.15) is 5.75 Å². The molecule has 2 N–H and O–H groups in total. The number of carbonyl (C=O) groups is 3. The second kappa shape index (κ2) is 14.8. The minimum atomic E-state index is -0.979. The Morgan fingerprint density at radius 3 is 2.20 bits per heavy atom. The summed E-state index contributed by atoms with van der Waals surface area (Å²) >= 11 is 0. The summed E-state index contributed by atoms with van der Waals surface area (Å²) in [5.41, 5.74) is 4.07. The summed E-state index contributed by atoms with van der Waals surface area (Å²) in [7, 11) is 0. The van der Waals surface area contributed by atoms with E-state index in [1.807, 2.05) is 97.9 Å². The third-order valence-electron chi connectivity index (χ3n) is 7.70. The number of ether oxygens (including phenoxy) is 1. The van der Waals surface area contributed by atoms with Crippen molar-refractivity contribution in [2.45, 2.75) is 26.3 Å². The van der Waals surface area contributed by atoms with Crippen LogP contribution in [-0.4, -0.2) is 47.5 Å². The van der Waals surface area contributed by atoms with Crippen molar-refractivity contribution in [2.24, 2.45) is 0 Å². The van der Waals surface area contributed by atoms with Gasteiger partial charge in [-0.2, -0.15) is 0 Å². The molecule has 0 saturated heterocycles. The van der Waals surface area contributed by atoms with Crippen molar-refractivity contribution in [1.29, 1.82) is 0 Å². The summed E-state index contributed by atoms with van der Waals surface area (Å²) in [4.78, 5) is 40.7. The van der Waals surface area contributed by atoms with E-state index < -0.39 is 5.97 Å². The van der Waals surface area contributed by atoms with E-state index >= 15 is 0 Å². The monoisotopic (exact) mass is 600 g/mol. The number of hydrogen-bond donors (Lipinski definition) is 2. The predicted molar refractivity (Wildman–Crippen MR) is 176 cm³/mol. The highest BCUT2D eigenvalue weighted by molar-refractivity contribution is 6.06. The Bertz CT molecular complexity index is 1810. The first-order valence-electron chi connectivity index (χ1n) is 15.1. The molecule has 0 bridgehead atoms. The maximum atomic E-state index is 14.1. The molecule has 0 saturated carbocycles. The molecule has 45 heavy (non-hydrogen) atoms. The van der Waals surface area contributed by atoms with E-state index in [9.17, 15) is 19.5 Å². The zero-order valence-corrected chi connectivity index (χ0v) is 25.2. The number of carboxylic acids is 1. The molecule has 5 aromatic carbocycles. The molecular weight excluding hydrogens is 564 g/mol. The van der Waals surface area contributed by atoms with E-state index in [2.05, 4.69) is 5.32 Å². The van der Waals surface area contributed by atoms with Gasteiger partial charge >= 0.3 is 5.97 Å². The first-order valence-corrected chi connectivity index (χ1v) is 15.1. The van der Waals surface area contributed by atoms with Crippen LogP contribution in [0.15, 0.2) is 115 Å². The lowest BCUT2D eigenvalue weighted by Crippen LogP contribution is -2.35. The molecule has 0 radical (unpaired) electrons. The van der Waals surface area contributed by atoms with Gasteiger partial charge in [0.2, 0.25) is 0 Å². The number of fused-ring (bicyclic) bond motifs is 1. The van der Waals surface area contributed by atoms with Gasteiger partial charge in [0.25, 0.3) is 11.8 Å². The number of amides is 2. The Labute approximate surface area is 263 Å². The molecule has 0 heterocycles. The summed E-state index contributed by atoms with van der Waals surface area (Å²) < 4.78 is 5.61. The van der Waals surface area contributed by atoms with Crippen molar-refractivity contribution in [3.63, 3.8) is 0 Å². The second-order valence-corrected chi connectivity index (χ2v) is 10.7. The molecule has 5 aromatic rings. The lowest BCUT2D eigenvalue weighted by atomic mass is 9.94. The van der Waals surface area contributed by atoms with Crippen molar-refractivity contribution in [2.75, 3.05) is 19.7 Å². The van der Waals surface area contributed by atoms with Crippen molar-refractivity contribution < 1.29 is 24.2 Å². The molecule has 0 aliphatic heterocycles. The largest absolute Gasteiger partial charge is 0.494 e. The van der Waals surface area contributed by atoms with Gasteiger partial charge in [0.05, 0.1) is 13.0 Å². The van der Waals surface area contributed by atoms with Gasteiger partial charge in [0.15, 0.2) is 0 Å². The molecule has 0 aliphatic rings. The van der Waals surface area contributed by atoms with Crippen LogP contribution >= 0.6 is 0 Å². The van der Waals surface area contributed by atoms with Crippen LogP contribution in [0.25, 0.3) is 21.9 Å². The summed E-state index contributed by atoms with van der Waals surface area (Å²) in [5, 5.41) is 14.7. The number of nitrogens with zero attached hydrogens (tertiary/aromatic N) is 1. The number of aliphatic carboxylic acids is 1. The van der Waals surface area contributed by atoms with E-state index in [0.717, 1.165) is 27.6 Å². The standard InChI is InChI=1S/C38H36N2O5/c1-2-45-30-15-9-11-27(25-30)21-23-40(24-22-36(41)42)38(44)35-20-8-6-18-33(35)32-17-5-7-19-34(32)37(43)39-26-29-14-10-13-28-12-3-4-16-31(28)29/h3-20,25H,2,21-24,26H2,1H3,(H,39,43)(H,41,42). The lowest BCUT2D eigenvalue weighted by Gasteiger charge is -2.24. The smallest absolute Gasteiger partial charge is 0.305 e. The van der Waals surface area contributed by atoms with Gasteiger partial charge in [0, 0.05) is 30.8 Å². The first-order chi connectivity index (χ1) is 21.9. The summed E-state index contributed by atoms with van der Waals surface area (Å²) in [6.07, 6.45) is 0.349. The zero-order chi connectivity index (χ0) is 31.6. The second-order valence-electron chi connectivity index (χ2n) is 10.7. The van der Waals surface area contributed by atoms with Crippen molar-refractivity contribution in [3.8, 4) is 16.9 Å². The van der Waals surface area contributed by atoms with Crippen LogP contribution in [0.3, 0.4) is 0 Å². The van der Waals surface area contributed by atoms with E-state index in [4.69, 9.17) is 4.74 Å². The zero-order valence-electron chi connectivity index (χ0n) is 25.2. The molecule has 2 amide bonds. The van der Waals surface area contributed by atoms with Gasteiger partial charge in [-0.05, 0) is 70.6 Å². The van der Waals surface area contributed by atoms with Crippen LogP contribution in [0.4, 0.5) is 0 Å². The molecule has 0 atom stereocenters. The number of carbonyl (C=O) groups excluding carboxylic acids is 2. The van der Waals surface area contributed by atoms with Crippen LogP contribution < -0.4 is 10.1 Å². The Hall–Kier alpha value is -5.43. The van der Waals surface area contributed by atoms with E-state index in [-0.39, 0.29) is 24.8 Å². The summed E-state index contributed by atoms with van der Waals surface area (Å²) in [5.74, 6) is -0.775. The van der Waals surface area contributed by atoms with Gasteiger partial charge in [-0.25, -0.2) is 0 Å². The number of rotatable bonds is 13. The predicted octanol–water partition coefficient (Wildman–Crippen LogP) is 7.00. The average molecular weight is 601 g/mol. The van der Waals surface area contributed by atoms with Gasteiger partial charge in [-0.15, -0.1) is 0 Å². The normalized spacial score (nSPS) is 10.8. The number of hydrogen-bond acceptors (Lipinski definition) is 4. The lowest BCUT2D eigenvalue weighted by molar-refractivity contribution is -0.137. The molecule has 0 aromatic heterocycles. The molecule has 5 rings (SSSR count). The SMILES string of the molecule is CCOc1cccc(CCN(CCC(=O)O)C(=O)c2ccccc2-c2ccccc2C(=O)NCc2cccc3ccccc23)c1. The Balaban J connectivity index is 1.40. The number of carboxylic acid groups (broad SMARTS) is 1. The molecule has 0 unspecified atom stereocenters. The van der Waals surface area contributed by atoms with Crippen molar-refractivity contribution >= 4 is 28.6 Å². The summed E-state index contributed by atoms with van der Waals surface area (Å²) in [6, 6.07) is 36.1. The minimum absolute atomic E-state index is 0.0564. The minimum Gasteiger partial charge on any atom is -0.494 e. The van der Waals surface area contributed by atoms with E-state index in [0.29, 0.717) is 48.4 Å². The van der Waals surface area contributed by atoms with E-state index in [1.165, 1.54) is 0 Å². The van der Waals surface area contributed by atoms with Gasteiger partial charge in [-0.3, -0.25) is 14.4 Å². The van der Waals surface area contributed by atoms with Crippen LogP contribution in [0.2, 0.25) is 0 Å². The fraction of sp³-hybridized carbons (Fsp3) is 0.184. The highest BCUT2D eigenvalue weighted by Gasteiger charge is 2.23. The van der Waals surface area contributed by atoms with Crippen LogP contribution in [0.5, 0.6) is 5.75 Å². The quantitative estimate of drug-likeness (QED) is 0.152. The fourth-order valence-corrected chi connectivity index (χ4v) is 5.48. The van der Waals surface area contributed by atoms with Crippen LogP contribution in [0.1, 0.15) is 45.2 Å². The van der Waals surface area contributed by atoms with Crippen molar-refractivity contribution in [3.05, 3.63) is 138 Å². The molecule has 0 fully saturated rings. The number of nitrogens with one attached hydrogen (secondary N) is 1. The topological polar surface area (TPSA) is 95.9 Å². The van der Waals surface area contributed by atoms with Gasteiger partial charge in [-0.1, -0.05) is 91.0 Å². The molecular formula is C38H36N2O5. The number of benzene rings is 5. The Kier molecular flexibility index (Phi) is 10.2. The third kappa shape index (κ3) is 7.75. The molecule has 7 nitrogen and oxygen atoms in total. The Morgan fingerprint density at radius 1 is 0.756 bits per heavy atom. The van der Waals surface area contributed by atoms with E-state index in [1.54, 1.807) is 29.2 Å². The maximum Gasteiger partial charge on any atom is 0.305 e. The highest BCUT2D eigenvalue weighted by atomic mass is 16.5. The Morgan fingerprint density at radius 2 is 1.42 bits per heavy atom. The molecule has 228 valence electrons. The third-order valence-corrected chi connectivity index (χ3v) is 7.70. The fourth-order valence-electron chi connectivity index (χ4n) is 5.48. The van der Waals surface area contributed by atoms with Crippen molar-refractivity contribution in [1.82, 2.24) is 10.2 Å². The molecule has 0 aliphatic carbocycles. The molecule has 0 spiro atoms. The van der Waals surface area contributed by atoms with Crippen LogP contribution in [0, 0.1) is 0 Å². The molecule has 7 heteroatoms. The maximum absolute atomic E-state index is 14.1. The summed E-state index contributed by atoms with van der Waals surface area (Å²) in [6.45, 7) is 3.20. The van der Waals surface area contributed by atoms with Crippen LogP contribution in [-0.2, 0) is 17.8 Å². The first kappa shape index (κ1) is 31.0. The highest BCUT2D eigenvalue weighted by Crippen LogP contribution is 2.29. The average Bonchev–Trinajstić information content (AvgIpc) is 3.07. The van der Waals surface area contributed by atoms with Gasteiger partial charge < -0.3 is 20.1 Å².